The number of aromatic nitrogens is 2. The van der Waals surface area contributed by atoms with Gasteiger partial charge < -0.3 is 14.7 Å². The molecule has 0 aliphatic carbocycles. The number of fused-ring (bicyclic) bond motifs is 1. The van der Waals surface area contributed by atoms with Crippen molar-refractivity contribution in [3.8, 4) is 0 Å². The summed E-state index contributed by atoms with van der Waals surface area (Å²) in [6.45, 7) is 2.71. The molecular weight excluding hydrogens is 258 g/mol. The van der Waals surface area contributed by atoms with E-state index >= 15 is 0 Å². The van der Waals surface area contributed by atoms with Crippen molar-refractivity contribution in [1.82, 2.24) is 15.1 Å². The quantitative estimate of drug-likeness (QED) is 0.849. The zero-order chi connectivity index (χ0) is 14.1. The third-order valence-corrected chi connectivity index (χ3v) is 3.49. The van der Waals surface area contributed by atoms with E-state index in [0.29, 0.717) is 18.8 Å². The van der Waals surface area contributed by atoms with Crippen molar-refractivity contribution >= 4 is 16.8 Å². The number of aromatic amines is 1. The van der Waals surface area contributed by atoms with Gasteiger partial charge in [-0.25, -0.2) is 0 Å². The van der Waals surface area contributed by atoms with Crippen molar-refractivity contribution in [3.05, 3.63) is 30.0 Å². The second-order valence-corrected chi connectivity index (χ2v) is 5.08. The third-order valence-electron chi connectivity index (χ3n) is 3.49. The van der Waals surface area contributed by atoms with Crippen molar-refractivity contribution < 1.29 is 14.6 Å². The highest BCUT2D eigenvalue weighted by molar-refractivity contribution is 6.04. The highest BCUT2D eigenvalue weighted by Crippen LogP contribution is 2.19. The van der Waals surface area contributed by atoms with E-state index < -0.39 is 0 Å². The summed E-state index contributed by atoms with van der Waals surface area (Å²) in [6, 6.07) is 7.54. The number of para-hydroxylation sites is 1. The van der Waals surface area contributed by atoms with Crippen LogP contribution in [-0.2, 0) is 4.74 Å². The van der Waals surface area contributed by atoms with Gasteiger partial charge in [-0.15, -0.1) is 0 Å². The van der Waals surface area contributed by atoms with Gasteiger partial charge >= 0.3 is 0 Å². The van der Waals surface area contributed by atoms with Gasteiger partial charge in [0, 0.05) is 18.5 Å². The molecule has 2 atom stereocenters. The number of nitrogens with zero attached hydrogens (tertiary/aromatic N) is 2. The first-order chi connectivity index (χ1) is 9.69. The molecule has 2 N–H and O–H groups in total. The Morgan fingerprint density at radius 1 is 1.50 bits per heavy atom. The molecule has 0 spiro atoms. The number of carbonyl (C=O) groups is 1. The summed E-state index contributed by atoms with van der Waals surface area (Å²) in [4.78, 5) is 14.3. The zero-order valence-electron chi connectivity index (χ0n) is 11.2. The number of ether oxygens (including phenoxy) is 1. The fourth-order valence-electron chi connectivity index (χ4n) is 2.59. The summed E-state index contributed by atoms with van der Waals surface area (Å²) in [6.07, 6.45) is -0.414. The van der Waals surface area contributed by atoms with Crippen LogP contribution in [-0.4, -0.2) is 58.0 Å². The molecule has 20 heavy (non-hydrogen) atoms. The van der Waals surface area contributed by atoms with Crippen LogP contribution in [0.4, 0.5) is 0 Å². The Labute approximate surface area is 116 Å². The molecule has 1 aromatic heterocycles. The van der Waals surface area contributed by atoms with Crippen molar-refractivity contribution in [2.24, 2.45) is 0 Å². The Balaban J connectivity index is 1.88. The number of benzene rings is 1. The predicted molar refractivity (Wildman–Crippen MR) is 73.4 cm³/mol. The van der Waals surface area contributed by atoms with Gasteiger partial charge in [0.2, 0.25) is 0 Å². The molecule has 2 unspecified atom stereocenters. The summed E-state index contributed by atoms with van der Waals surface area (Å²) in [5.41, 5.74) is 1.27. The molecular formula is C14H17N3O3. The first-order valence-electron chi connectivity index (χ1n) is 6.67. The normalized spacial score (nSPS) is 23.2. The number of rotatable bonds is 2. The number of amides is 1. The molecule has 1 aliphatic rings. The molecule has 1 fully saturated rings. The molecule has 0 radical (unpaired) electrons. The van der Waals surface area contributed by atoms with Gasteiger partial charge in [-0.2, -0.15) is 5.10 Å². The SMILES string of the molecule is CC1CN(C(=O)c2n[nH]c3ccccc23)CC(CO)O1. The Morgan fingerprint density at radius 2 is 2.30 bits per heavy atom. The smallest absolute Gasteiger partial charge is 0.275 e. The van der Waals surface area contributed by atoms with Crippen LogP contribution in [0, 0.1) is 0 Å². The van der Waals surface area contributed by atoms with Crippen molar-refractivity contribution in [2.75, 3.05) is 19.7 Å². The van der Waals surface area contributed by atoms with Crippen LogP contribution in [0.25, 0.3) is 10.9 Å². The number of H-pyrrole nitrogens is 1. The van der Waals surface area contributed by atoms with Crippen LogP contribution in [0.5, 0.6) is 0 Å². The van der Waals surface area contributed by atoms with Gasteiger partial charge in [0.25, 0.3) is 5.91 Å². The summed E-state index contributed by atoms with van der Waals surface area (Å²) >= 11 is 0. The minimum atomic E-state index is -0.326. The number of hydrogen-bond donors (Lipinski definition) is 2. The molecule has 3 rings (SSSR count). The van der Waals surface area contributed by atoms with Gasteiger partial charge in [0.15, 0.2) is 5.69 Å². The maximum atomic E-state index is 12.6. The van der Waals surface area contributed by atoms with E-state index in [1.807, 2.05) is 31.2 Å². The van der Waals surface area contributed by atoms with Crippen LogP contribution < -0.4 is 0 Å². The standard InChI is InChI=1S/C14H17N3O3/c1-9-6-17(7-10(8-18)20-9)14(19)13-11-4-2-3-5-12(11)15-16-13/h2-5,9-10,18H,6-8H2,1H3,(H,15,16). The van der Waals surface area contributed by atoms with E-state index in [1.54, 1.807) is 4.90 Å². The van der Waals surface area contributed by atoms with E-state index in [9.17, 15) is 9.90 Å². The summed E-state index contributed by atoms with van der Waals surface area (Å²) < 4.78 is 5.55. The number of carbonyl (C=O) groups excluding carboxylic acids is 1. The average Bonchev–Trinajstić information content (AvgIpc) is 2.89. The Bertz CT molecular complexity index is 625. The minimum absolute atomic E-state index is 0.0879. The number of nitrogens with one attached hydrogen (secondary N) is 1. The fourth-order valence-corrected chi connectivity index (χ4v) is 2.59. The molecule has 1 saturated heterocycles. The first kappa shape index (κ1) is 13.1. The van der Waals surface area contributed by atoms with Gasteiger partial charge in [-0.3, -0.25) is 9.89 Å². The van der Waals surface area contributed by atoms with Crippen molar-refractivity contribution in [1.29, 1.82) is 0 Å². The molecule has 106 valence electrons. The number of aliphatic hydroxyl groups is 1. The number of morpholine rings is 1. The highest BCUT2D eigenvalue weighted by atomic mass is 16.5. The van der Waals surface area contributed by atoms with E-state index in [0.717, 1.165) is 10.9 Å². The molecule has 6 nitrogen and oxygen atoms in total. The Kier molecular flexibility index (Phi) is 3.42. The largest absolute Gasteiger partial charge is 0.394 e. The van der Waals surface area contributed by atoms with Crippen LogP contribution in [0.3, 0.4) is 0 Å². The molecule has 6 heteroatoms. The van der Waals surface area contributed by atoms with Crippen molar-refractivity contribution in [3.63, 3.8) is 0 Å². The summed E-state index contributed by atoms with van der Waals surface area (Å²) in [5, 5.41) is 17.0. The molecule has 0 saturated carbocycles. The lowest BCUT2D eigenvalue weighted by Crippen LogP contribution is -2.50. The average molecular weight is 275 g/mol. The van der Waals surface area contributed by atoms with Gasteiger partial charge in [-0.1, -0.05) is 18.2 Å². The lowest BCUT2D eigenvalue weighted by Gasteiger charge is -2.35. The lowest BCUT2D eigenvalue weighted by molar-refractivity contribution is -0.0859. The third kappa shape index (κ3) is 2.28. The molecule has 2 heterocycles. The molecule has 1 amide bonds. The maximum Gasteiger partial charge on any atom is 0.275 e. The monoisotopic (exact) mass is 275 g/mol. The molecule has 1 aromatic carbocycles. The molecule has 0 bridgehead atoms. The Morgan fingerprint density at radius 3 is 3.10 bits per heavy atom. The maximum absolute atomic E-state index is 12.6. The summed E-state index contributed by atoms with van der Waals surface area (Å²) in [7, 11) is 0. The number of hydrogen-bond acceptors (Lipinski definition) is 4. The van der Waals surface area contributed by atoms with E-state index in [4.69, 9.17) is 4.74 Å². The van der Waals surface area contributed by atoms with Crippen LogP contribution in [0.2, 0.25) is 0 Å². The van der Waals surface area contributed by atoms with Crippen LogP contribution in [0.1, 0.15) is 17.4 Å². The highest BCUT2D eigenvalue weighted by Gasteiger charge is 2.30. The van der Waals surface area contributed by atoms with Gasteiger partial charge in [0.05, 0.1) is 24.3 Å². The predicted octanol–water partition coefficient (Wildman–Crippen LogP) is 0.785. The van der Waals surface area contributed by atoms with E-state index in [-0.39, 0.29) is 24.7 Å². The molecule has 1 aliphatic heterocycles. The Hall–Kier alpha value is -1.92. The lowest BCUT2D eigenvalue weighted by atomic mass is 10.1. The van der Waals surface area contributed by atoms with Crippen molar-refractivity contribution in [2.45, 2.75) is 19.1 Å². The van der Waals surface area contributed by atoms with Gasteiger partial charge in [-0.05, 0) is 13.0 Å². The fraction of sp³-hybridized carbons (Fsp3) is 0.429. The zero-order valence-corrected chi connectivity index (χ0v) is 11.2. The number of aliphatic hydroxyl groups excluding tert-OH is 1. The molecule has 2 aromatic rings. The van der Waals surface area contributed by atoms with Crippen LogP contribution >= 0.6 is 0 Å². The first-order valence-corrected chi connectivity index (χ1v) is 6.67. The topological polar surface area (TPSA) is 78.5 Å². The minimum Gasteiger partial charge on any atom is -0.394 e. The van der Waals surface area contributed by atoms with E-state index in [1.165, 1.54) is 0 Å². The van der Waals surface area contributed by atoms with E-state index in [2.05, 4.69) is 10.2 Å². The van der Waals surface area contributed by atoms with Gasteiger partial charge in [0.1, 0.15) is 0 Å². The second kappa shape index (κ2) is 5.22. The van der Waals surface area contributed by atoms with Crippen LogP contribution in [0.15, 0.2) is 24.3 Å². The summed E-state index contributed by atoms with van der Waals surface area (Å²) in [5.74, 6) is -0.129. The second-order valence-electron chi connectivity index (χ2n) is 5.08.